The highest BCUT2D eigenvalue weighted by Gasteiger charge is 2.35. The summed E-state index contributed by atoms with van der Waals surface area (Å²) >= 11 is 7.87. The van der Waals surface area contributed by atoms with Gasteiger partial charge < -0.3 is 19.0 Å². The minimum atomic E-state index is -0.233. The maximum Gasteiger partial charge on any atom is 0.290 e. The van der Waals surface area contributed by atoms with Crippen LogP contribution in [-0.2, 0) is 11.2 Å². The number of hydrogen-bond acceptors (Lipinski definition) is 5. The molecule has 0 unspecified atom stereocenters. The number of furan rings is 1. The third-order valence-electron chi connectivity index (χ3n) is 6.47. The molecule has 3 aromatic rings. The molecule has 0 spiro atoms. The number of ether oxygens (including phenoxy) is 1. The van der Waals surface area contributed by atoms with E-state index in [9.17, 15) is 9.59 Å². The predicted octanol–water partition coefficient (Wildman–Crippen LogP) is 5.36. The van der Waals surface area contributed by atoms with Gasteiger partial charge in [-0.2, -0.15) is 0 Å². The summed E-state index contributed by atoms with van der Waals surface area (Å²) in [6.45, 7) is 3.49. The van der Waals surface area contributed by atoms with Crippen molar-refractivity contribution in [1.29, 1.82) is 0 Å². The number of aryl methyl sites for hydroxylation is 1. The molecule has 2 aliphatic rings. The Labute approximate surface area is 208 Å². The maximum absolute atomic E-state index is 13.6. The average Bonchev–Trinajstić information content (AvgIpc) is 3.27. The van der Waals surface area contributed by atoms with Crippen LogP contribution in [0.1, 0.15) is 45.4 Å². The molecule has 1 aliphatic heterocycles. The van der Waals surface area contributed by atoms with Crippen LogP contribution in [-0.4, -0.2) is 47.9 Å². The van der Waals surface area contributed by atoms with Crippen LogP contribution in [0, 0.1) is 12.8 Å². The second-order valence-corrected chi connectivity index (χ2v) is 10.4. The lowest BCUT2D eigenvalue weighted by atomic mass is 10.0. The topological polar surface area (TPSA) is 63.0 Å². The first kappa shape index (κ1) is 23.0. The van der Waals surface area contributed by atoms with Crippen LogP contribution in [0.5, 0.6) is 5.75 Å². The van der Waals surface area contributed by atoms with Gasteiger partial charge in [0.25, 0.3) is 5.91 Å². The largest absolute Gasteiger partial charge is 0.491 e. The van der Waals surface area contributed by atoms with Gasteiger partial charge in [-0.25, -0.2) is 0 Å². The lowest BCUT2D eigenvalue weighted by Gasteiger charge is -2.37. The molecule has 8 heteroatoms. The van der Waals surface area contributed by atoms with Gasteiger partial charge in [-0.15, -0.1) is 11.3 Å². The van der Waals surface area contributed by atoms with Gasteiger partial charge in [-0.05, 0) is 85.0 Å². The molecule has 0 saturated heterocycles. The van der Waals surface area contributed by atoms with Gasteiger partial charge in [0, 0.05) is 23.0 Å². The van der Waals surface area contributed by atoms with E-state index in [2.05, 4.69) is 11.4 Å². The lowest BCUT2D eigenvalue weighted by molar-refractivity contribution is -0.135. The van der Waals surface area contributed by atoms with E-state index in [4.69, 9.17) is 20.8 Å². The SMILES string of the molecule is Cc1cc(OC[C@H]2c3ccsc3CCN2C(=O)CN(CC2CC2)C(=O)c2ccco2)ccc1Cl. The molecule has 1 aromatic carbocycles. The Kier molecular flexibility index (Phi) is 6.66. The monoisotopic (exact) mass is 498 g/mol. The van der Waals surface area contributed by atoms with Crippen LogP contribution in [0.4, 0.5) is 0 Å². The van der Waals surface area contributed by atoms with Crippen molar-refractivity contribution < 1.29 is 18.7 Å². The Bertz CT molecular complexity index is 1170. The second-order valence-electron chi connectivity index (χ2n) is 8.98. The number of hydrogen-bond donors (Lipinski definition) is 0. The Morgan fingerprint density at radius 3 is 2.85 bits per heavy atom. The molecule has 2 aromatic heterocycles. The van der Waals surface area contributed by atoms with Crippen molar-refractivity contribution in [3.05, 3.63) is 74.8 Å². The van der Waals surface area contributed by atoms with Crippen molar-refractivity contribution >= 4 is 34.8 Å². The number of halogens is 1. The summed E-state index contributed by atoms with van der Waals surface area (Å²) in [5, 5.41) is 2.76. The number of fused-ring (bicyclic) bond motifs is 1. The average molecular weight is 499 g/mol. The molecule has 2 amide bonds. The fourth-order valence-electron chi connectivity index (χ4n) is 4.40. The molecule has 3 heterocycles. The van der Waals surface area contributed by atoms with E-state index in [0.29, 0.717) is 30.6 Å². The molecule has 1 saturated carbocycles. The van der Waals surface area contributed by atoms with Crippen LogP contribution in [0.2, 0.25) is 5.02 Å². The standard InChI is InChI=1S/C26H27ClN2O4S/c1-17-13-19(6-7-21(17)27)33-16-22-20-9-12-34-24(20)8-10-29(22)25(30)15-28(14-18-4-5-18)26(31)23-3-2-11-32-23/h2-3,6-7,9,11-13,18,22H,4-5,8,10,14-16H2,1H3/t22-/m0/s1. The van der Waals surface area contributed by atoms with Gasteiger partial charge in [-0.1, -0.05) is 11.6 Å². The van der Waals surface area contributed by atoms with E-state index in [-0.39, 0.29) is 30.2 Å². The summed E-state index contributed by atoms with van der Waals surface area (Å²) in [4.78, 5) is 31.4. The Balaban J connectivity index is 1.33. The summed E-state index contributed by atoms with van der Waals surface area (Å²) in [6.07, 6.45) is 4.48. The normalized spacial score (nSPS) is 17.4. The van der Waals surface area contributed by atoms with Crippen LogP contribution in [0.3, 0.4) is 0 Å². The fraction of sp³-hybridized carbons (Fsp3) is 0.385. The summed E-state index contributed by atoms with van der Waals surface area (Å²) < 4.78 is 11.5. The van der Waals surface area contributed by atoms with E-state index in [0.717, 1.165) is 36.1 Å². The van der Waals surface area contributed by atoms with Crippen molar-refractivity contribution in [3.8, 4) is 5.75 Å². The number of rotatable bonds is 8. The van der Waals surface area contributed by atoms with Crippen molar-refractivity contribution in [2.45, 2.75) is 32.2 Å². The first-order valence-corrected chi connectivity index (χ1v) is 12.8. The highest BCUT2D eigenvalue weighted by atomic mass is 35.5. The summed E-state index contributed by atoms with van der Waals surface area (Å²) in [7, 11) is 0. The van der Waals surface area contributed by atoms with E-state index in [1.807, 2.05) is 30.0 Å². The van der Waals surface area contributed by atoms with E-state index < -0.39 is 0 Å². The number of carbonyl (C=O) groups excluding carboxylic acids is 2. The van der Waals surface area contributed by atoms with Gasteiger partial charge >= 0.3 is 0 Å². The van der Waals surface area contributed by atoms with Crippen LogP contribution in [0.15, 0.2) is 52.5 Å². The molecular weight excluding hydrogens is 472 g/mol. The van der Waals surface area contributed by atoms with Crippen molar-refractivity contribution in [1.82, 2.24) is 9.80 Å². The Morgan fingerprint density at radius 2 is 2.12 bits per heavy atom. The zero-order valence-electron chi connectivity index (χ0n) is 19.0. The zero-order chi connectivity index (χ0) is 23.7. The molecule has 0 radical (unpaired) electrons. The fourth-order valence-corrected chi connectivity index (χ4v) is 5.44. The number of nitrogens with zero attached hydrogens (tertiary/aromatic N) is 2. The van der Waals surface area contributed by atoms with Gasteiger partial charge in [0.15, 0.2) is 5.76 Å². The molecule has 34 heavy (non-hydrogen) atoms. The smallest absolute Gasteiger partial charge is 0.290 e. The predicted molar refractivity (Wildman–Crippen MR) is 131 cm³/mol. The van der Waals surface area contributed by atoms with Gasteiger partial charge in [0.2, 0.25) is 5.91 Å². The van der Waals surface area contributed by atoms with Crippen LogP contribution >= 0.6 is 22.9 Å². The lowest BCUT2D eigenvalue weighted by Crippen LogP contribution is -2.48. The van der Waals surface area contributed by atoms with Crippen LogP contribution in [0.25, 0.3) is 0 Å². The van der Waals surface area contributed by atoms with Crippen molar-refractivity contribution in [3.63, 3.8) is 0 Å². The van der Waals surface area contributed by atoms with Crippen LogP contribution < -0.4 is 4.74 Å². The minimum absolute atomic E-state index is 0.0338. The first-order valence-electron chi connectivity index (χ1n) is 11.6. The third kappa shape index (κ3) is 5.00. The summed E-state index contributed by atoms with van der Waals surface area (Å²) in [5.41, 5.74) is 2.07. The number of amides is 2. The molecule has 0 bridgehead atoms. The molecule has 0 N–H and O–H groups in total. The minimum Gasteiger partial charge on any atom is -0.491 e. The highest BCUT2D eigenvalue weighted by molar-refractivity contribution is 7.10. The Hall–Kier alpha value is -2.77. The summed E-state index contributed by atoms with van der Waals surface area (Å²) in [6, 6.07) is 10.8. The van der Waals surface area contributed by atoms with Gasteiger partial charge in [0.05, 0.1) is 12.3 Å². The number of benzene rings is 1. The van der Waals surface area contributed by atoms with E-state index in [1.165, 1.54) is 11.1 Å². The van der Waals surface area contributed by atoms with Gasteiger partial charge in [-0.3, -0.25) is 9.59 Å². The number of thiophene rings is 1. The second kappa shape index (κ2) is 9.84. The number of carbonyl (C=O) groups is 2. The third-order valence-corrected chi connectivity index (χ3v) is 7.89. The maximum atomic E-state index is 13.6. The first-order chi connectivity index (χ1) is 16.5. The zero-order valence-corrected chi connectivity index (χ0v) is 20.6. The van der Waals surface area contributed by atoms with E-state index in [1.54, 1.807) is 28.4 Å². The molecular formula is C26H27ClN2O4S. The van der Waals surface area contributed by atoms with Gasteiger partial charge in [0.1, 0.15) is 18.9 Å². The molecule has 6 nitrogen and oxygen atoms in total. The molecule has 1 aliphatic carbocycles. The van der Waals surface area contributed by atoms with Crippen molar-refractivity contribution in [2.24, 2.45) is 5.92 Å². The molecule has 178 valence electrons. The Morgan fingerprint density at radius 1 is 1.26 bits per heavy atom. The highest BCUT2D eigenvalue weighted by Crippen LogP contribution is 2.35. The molecule has 1 atom stereocenters. The molecule has 5 rings (SSSR count). The van der Waals surface area contributed by atoms with E-state index >= 15 is 0 Å². The van der Waals surface area contributed by atoms with Crippen molar-refractivity contribution in [2.75, 3.05) is 26.2 Å². The summed E-state index contributed by atoms with van der Waals surface area (Å²) in [5.74, 6) is 1.15. The quantitative estimate of drug-likeness (QED) is 0.419. The molecule has 1 fully saturated rings.